The predicted octanol–water partition coefficient (Wildman–Crippen LogP) is 6.31. The topological polar surface area (TPSA) is 73.4 Å². The van der Waals surface area contributed by atoms with Crippen molar-refractivity contribution in [2.75, 3.05) is 7.11 Å². The van der Waals surface area contributed by atoms with Gasteiger partial charge in [0, 0.05) is 44.6 Å². The third-order valence-corrected chi connectivity index (χ3v) is 5.53. The second-order valence-corrected chi connectivity index (χ2v) is 8.46. The zero-order chi connectivity index (χ0) is 22.8. The maximum Gasteiger partial charge on any atom is 0.357 e. The fourth-order valence-electron chi connectivity index (χ4n) is 3.56. The molecule has 0 fully saturated rings. The first-order valence-corrected chi connectivity index (χ1v) is 10.8. The fraction of sp³-hybridized carbons (Fsp3) is 0.250. The quantitative estimate of drug-likeness (QED) is 0.318. The molecular formula is C24H22Cl2N2O4. The highest BCUT2D eigenvalue weighted by Crippen LogP contribution is 2.33. The Labute approximate surface area is 195 Å². The third kappa shape index (κ3) is 4.53. The molecule has 0 aliphatic heterocycles. The summed E-state index contributed by atoms with van der Waals surface area (Å²) in [7, 11) is 1.58. The summed E-state index contributed by atoms with van der Waals surface area (Å²) in [4.78, 5) is 20.3. The lowest BCUT2D eigenvalue weighted by atomic mass is 10.1. The van der Waals surface area contributed by atoms with Gasteiger partial charge in [0.05, 0.1) is 24.4 Å². The first-order chi connectivity index (χ1) is 15.4. The van der Waals surface area contributed by atoms with Crippen molar-refractivity contribution in [2.24, 2.45) is 0 Å². The average molecular weight is 473 g/mol. The molecule has 2 heterocycles. The number of nitrogens with one attached hydrogen (secondary N) is 1. The Hall–Kier alpha value is -2.80. The van der Waals surface area contributed by atoms with Crippen LogP contribution in [0.3, 0.4) is 0 Å². The van der Waals surface area contributed by atoms with E-state index >= 15 is 0 Å². The maximum atomic E-state index is 12.6. The summed E-state index contributed by atoms with van der Waals surface area (Å²) in [5.74, 6) is 0.184. The van der Waals surface area contributed by atoms with Crippen LogP contribution in [0.15, 0.2) is 42.6 Å². The monoisotopic (exact) mass is 472 g/mol. The Balaban J connectivity index is 1.75. The van der Waals surface area contributed by atoms with Gasteiger partial charge in [0.1, 0.15) is 12.4 Å². The molecule has 0 aliphatic carbocycles. The van der Waals surface area contributed by atoms with Crippen LogP contribution in [0.25, 0.3) is 21.8 Å². The van der Waals surface area contributed by atoms with E-state index in [9.17, 15) is 4.79 Å². The van der Waals surface area contributed by atoms with Gasteiger partial charge in [-0.05, 0) is 44.2 Å². The largest absolute Gasteiger partial charge is 0.489 e. The molecule has 0 saturated carbocycles. The zero-order valence-corrected chi connectivity index (χ0v) is 19.4. The predicted molar refractivity (Wildman–Crippen MR) is 126 cm³/mol. The summed E-state index contributed by atoms with van der Waals surface area (Å²) in [6, 6.07) is 11.0. The number of fused-ring (bicyclic) bond motifs is 3. The number of H-pyrrole nitrogens is 1. The second kappa shape index (κ2) is 9.36. The number of hydrogen-bond donors (Lipinski definition) is 1. The Morgan fingerprint density at radius 3 is 2.62 bits per heavy atom. The fourth-order valence-corrected chi connectivity index (χ4v) is 4.02. The maximum absolute atomic E-state index is 12.6. The van der Waals surface area contributed by atoms with Crippen LogP contribution >= 0.6 is 23.2 Å². The van der Waals surface area contributed by atoms with Crippen molar-refractivity contribution in [3.63, 3.8) is 0 Å². The van der Waals surface area contributed by atoms with Crippen molar-refractivity contribution in [3.05, 3.63) is 69.5 Å². The molecule has 8 heteroatoms. The summed E-state index contributed by atoms with van der Waals surface area (Å²) in [5, 5.41) is 2.87. The molecule has 0 radical (unpaired) electrons. The van der Waals surface area contributed by atoms with E-state index in [0.29, 0.717) is 28.0 Å². The highest BCUT2D eigenvalue weighted by molar-refractivity contribution is 6.35. The van der Waals surface area contributed by atoms with Crippen LogP contribution in [0, 0.1) is 0 Å². The molecule has 4 aromatic rings. The Morgan fingerprint density at radius 1 is 1.09 bits per heavy atom. The van der Waals surface area contributed by atoms with Crippen molar-refractivity contribution in [1.82, 2.24) is 9.97 Å². The van der Waals surface area contributed by atoms with E-state index in [4.69, 9.17) is 37.4 Å². The summed E-state index contributed by atoms with van der Waals surface area (Å²) < 4.78 is 16.8. The number of pyridine rings is 1. The van der Waals surface area contributed by atoms with Gasteiger partial charge in [0.15, 0.2) is 5.69 Å². The smallest absolute Gasteiger partial charge is 0.357 e. The number of rotatable bonds is 7. The van der Waals surface area contributed by atoms with E-state index in [2.05, 4.69) is 9.97 Å². The lowest BCUT2D eigenvalue weighted by Gasteiger charge is -2.12. The average Bonchev–Trinajstić information content (AvgIpc) is 3.11. The minimum absolute atomic E-state index is 0.214. The first-order valence-electron chi connectivity index (χ1n) is 10.1. The minimum Gasteiger partial charge on any atom is -0.489 e. The number of ether oxygens (including phenoxy) is 3. The van der Waals surface area contributed by atoms with Crippen LogP contribution in [0.5, 0.6) is 5.75 Å². The summed E-state index contributed by atoms with van der Waals surface area (Å²) in [6.07, 6.45) is 1.39. The van der Waals surface area contributed by atoms with Crippen molar-refractivity contribution < 1.29 is 19.0 Å². The van der Waals surface area contributed by atoms with Crippen molar-refractivity contribution >= 4 is 51.0 Å². The Morgan fingerprint density at radius 2 is 1.91 bits per heavy atom. The number of benzene rings is 2. The first kappa shape index (κ1) is 22.4. The van der Waals surface area contributed by atoms with Gasteiger partial charge in [-0.1, -0.05) is 29.3 Å². The number of hydrogen-bond acceptors (Lipinski definition) is 5. The molecule has 32 heavy (non-hydrogen) atoms. The molecule has 2 aromatic heterocycles. The lowest BCUT2D eigenvalue weighted by molar-refractivity contribution is 0.0366. The van der Waals surface area contributed by atoms with Crippen LogP contribution in [0.1, 0.15) is 35.5 Å². The molecule has 2 aromatic carbocycles. The molecule has 0 saturated heterocycles. The molecule has 0 spiro atoms. The SMILES string of the molecule is COCc1c(C(=O)OC(C)C)ncc2[nH]c3ccc(OCc4ccc(Cl)cc4Cl)cc3c12. The van der Waals surface area contributed by atoms with E-state index in [-0.39, 0.29) is 18.4 Å². The summed E-state index contributed by atoms with van der Waals surface area (Å²) in [6.45, 7) is 4.11. The second-order valence-electron chi connectivity index (χ2n) is 7.62. The molecule has 0 aliphatic rings. The molecule has 0 bridgehead atoms. The highest BCUT2D eigenvalue weighted by Gasteiger charge is 2.21. The lowest BCUT2D eigenvalue weighted by Crippen LogP contribution is -2.15. The number of carbonyl (C=O) groups excluding carboxylic acids is 1. The molecular weight excluding hydrogens is 451 g/mol. The van der Waals surface area contributed by atoms with Crippen LogP contribution < -0.4 is 4.74 Å². The van der Waals surface area contributed by atoms with Gasteiger partial charge in [-0.2, -0.15) is 0 Å². The van der Waals surface area contributed by atoms with Crippen molar-refractivity contribution in [1.29, 1.82) is 0 Å². The van der Waals surface area contributed by atoms with Crippen LogP contribution in [0.2, 0.25) is 10.0 Å². The van der Waals surface area contributed by atoms with E-state index in [1.54, 1.807) is 39.3 Å². The van der Waals surface area contributed by atoms with E-state index < -0.39 is 5.97 Å². The summed E-state index contributed by atoms with van der Waals surface area (Å²) in [5.41, 5.74) is 3.43. The molecule has 0 amide bonds. The van der Waals surface area contributed by atoms with Gasteiger partial charge in [-0.15, -0.1) is 0 Å². The van der Waals surface area contributed by atoms with Gasteiger partial charge in [0.2, 0.25) is 0 Å². The molecule has 0 atom stereocenters. The van der Waals surface area contributed by atoms with E-state index in [1.165, 1.54) is 0 Å². The number of aromatic amines is 1. The van der Waals surface area contributed by atoms with Gasteiger partial charge >= 0.3 is 5.97 Å². The van der Waals surface area contributed by atoms with Crippen LogP contribution in [0.4, 0.5) is 0 Å². The van der Waals surface area contributed by atoms with Crippen molar-refractivity contribution in [3.8, 4) is 5.75 Å². The standard InChI is InChI=1S/C24H22Cl2N2O4/c1-13(2)32-24(29)23-18(12-30-3)22-17-9-16(6-7-20(17)28-21(22)10-27-23)31-11-14-4-5-15(25)8-19(14)26/h4-10,13,28H,11-12H2,1-3H3. The molecule has 4 rings (SSSR count). The Bertz CT molecular complexity index is 1300. The number of methoxy groups -OCH3 is 1. The normalized spacial score (nSPS) is 11.4. The number of aromatic nitrogens is 2. The van der Waals surface area contributed by atoms with Crippen molar-refractivity contribution in [2.45, 2.75) is 33.2 Å². The van der Waals surface area contributed by atoms with E-state index in [1.807, 2.05) is 24.3 Å². The molecule has 1 N–H and O–H groups in total. The van der Waals surface area contributed by atoms with E-state index in [0.717, 1.165) is 27.4 Å². The number of carbonyl (C=O) groups is 1. The Kier molecular flexibility index (Phi) is 6.55. The van der Waals surface area contributed by atoms with Gasteiger partial charge in [-0.25, -0.2) is 9.78 Å². The highest BCUT2D eigenvalue weighted by atomic mass is 35.5. The number of nitrogens with zero attached hydrogens (tertiary/aromatic N) is 1. The van der Waals surface area contributed by atoms with Gasteiger partial charge in [-0.3, -0.25) is 0 Å². The zero-order valence-electron chi connectivity index (χ0n) is 17.9. The third-order valence-electron chi connectivity index (χ3n) is 4.94. The molecule has 0 unspecified atom stereocenters. The van der Waals surface area contributed by atoms with Crippen LogP contribution in [-0.4, -0.2) is 29.2 Å². The van der Waals surface area contributed by atoms with Gasteiger partial charge in [0.25, 0.3) is 0 Å². The summed E-state index contributed by atoms with van der Waals surface area (Å²) >= 11 is 12.2. The number of halogens is 2. The minimum atomic E-state index is -0.479. The molecule has 6 nitrogen and oxygen atoms in total. The van der Waals surface area contributed by atoms with Gasteiger partial charge < -0.3 is 19.2 Å². The number of esters is 1. The van der Waals surface area contributed by atoms with Crippen LogP contribution in [-0.2, 0) is 22.7 Å². The molecule has 166 valence electrons.